The van der Waals surface area contributed by atoms with Gasteiger partial charge in [-0.2, -0.15) is 8.42 Å². The fraction of sp³-hybridized carbons (Fsp3) is 0.308. The van der Waals surface area contributed by atoms with E-state index >= 15 is 0 Å². The predicted molar refractivity (Wildman–Crippen MR) is 196 cm³/mol. The second kappa shape index (κ2) is 13.7. The molecule has 0 radical (unpaired) electrons. The fourth-order valence-electron chi connectivity index (χ4n) is 7.02. The summed E-state index contributed by atoms with van der Waals surface area (Å²) in [5, 5.41) is 15.1. The van der Waals surface area contributed by atoms with E-state index in [0.717, 1.165) is 45.6 Å². The van der Waals surface area contributed by atoms with Crippen LogP contribution in [0.5, 0.6) is 5.75 Å². The number of nitrogens with zero attached hydrogens (tertiary/aromatic N) is 1. The van der Waals surface area contributed by atoms with Crippen LogP contribution >= 0.6 is 0 Å². The lowest BCUT2D eigenvalue weighted by atomic mass is 9.88. The van der Waals surface area contributed by atoms with Gasteiger partial charge in [-0.1, -0.05) is 60.7 Å². The zero-order chi connectivity index (χ0) is 36.7. The maximum absolute atomic E-state index is 13.5. The molecule has 11 nitrogen and oxygen atoms in total. The molecule has 1 atom stereocenters. The number of guanidine groups is 1. The van der Waals surface area contributed by atoms with Gasteiger partial charge >= 0.3 is 12.1 Å². The van der Waals surface area contributed by atoms with Crippen LogP contribution in [-0.2, 0) is 32.4 Å². The highest BCUT2D eigenvalue weighted by Crippen LogP contribution is 2.45. The lowest BCUT2D eigenvalue weighted by Gasteiger charge is -2.35. The molecule has 0 unspecified atom stereocenters. The van der Waals surface area contributed by atoms with Crippen molar-refractivity contribution in [3.05, 3.63) is 112 Å². The van der Waals surface area contributed by atoms with Gasteiger partial charge in [0.1, 0.15) is 24.0 Å². The van der Waals surface area contributed by atoms with E-state index in [1.54, 1.807) is 38.1 Å². The summed E-state index contributed by atoms with van der Waals surface area (Å²) in [6.07, 6.45) is 0.592. The smallest absolute Gasteiger partial charge is 0.407 e. The Morgan fingerprint density at radius 1 is 0.961 bits per heavy atom. The van der Waals surface area contributed by atoms with Crippen molar-refractivity contribution in [2.45, 2.75) is 76.3 Å². The molecule has 51 heavy (non-hydrogen) atoms. The van der Waals surface area contributed by atoms with Crippen molar-refractivity contribution < 1.29 is 32.6 Å². The van der Waals surface area contributed by atoms with Gasteiger partial charge in [-0.05, 0) is 110 Å². The van der Waals surface area contributed by atoms with Crippen molar-refractivity contribution in [1.82, 2.24) is 5.32 Å². The molecule has 4 aromatic rings. The van der Waals surface area contributed by atoms with Gasteiger partial charge in [-0.15, -0.1) is 4.40 Å². The maximum atomic E-state index is 13.5. The number of nitrogens with one attached hydrogen (secondary N) is 2. The molecule has 1 aliphatic heterocycles. The summed E-state index contributed by atoms with van der Waals surface area (Å²) in [7, 11) is -4.18. The minimum atomic E-state index is -4.18. The standard InChI is InChI=1S/C39H42N4O7S/c1-22-23(2)35(24(3)27-18-19-39(4,5)50-34(22)27)51(47,48)43-37(40)41-26-16-14-25(15-17-26)20-33(36(44)45)42-38(46)49-21-32-30-12-8-6-10-28(30)29-11-7-9-13-31(29)32/h6-17,32-33H,18-21H2,1-5H3,(H,42,46)(H,44,45)(H3,40,41,43)/t33-/m0/s1. The number of carboxylic acid groups (broad SMARTS) is 1. The number of amides is 1. The molecule has 5 N–H and O–H groups in total. The van der Waals surface area contributed by atoms with E-state index in [9.17, 15) is 23.1 Å². The monoisotopic (exact) mass is 710 g/mol. The van der Waals surface area contributed by atoms with Crippen molar-refractivity contribution in [1.29, 1.82) is 0 Å². The lowest BCUT2D eigenvalue weighted by molar-refractivity contribution is -0.139. The van der Waals surface area contributed by atoms with Gasteiger partial charge in [0.05, 0.1) is 4.90 Å². The van der Waals surface area contributed by atoms with Gasteiger partial charge in [-0.3, -0.25) is 0 Å². The number of carbonyl (C=O) groups is 2. The summed E-state index contributed by atoms with van der Waals surface area (Å²) in [5.41, 5.74) is 13.9. The molecule has 1 heterocycles. The van der Waals surface area contributed by atoms with Gasteiger partial charge in [-0.25, -0.2) is 9.59 Å². The lowest BCUT2D eigenvalue weighted by Crippen LogP contribution is -2.42. The quantitative estimate of drug-likeness (QED) is 0.114. The topological polar surface area (TPSA) is 169 Å². The Morgan fingerprint density at radius 3 is 2.18 bits per heavy atom. The first-order valence-electron chi connectivity index (χ1n) is 16.8. The van der Waals surface area contributed by atoms with Crippen molar-refractivity contribution >= 4 is 33.7 Å². The molecule has 1 amide bonds. The highest BCUT2D eigenvalue weighted by Gasteiger charge is 2.34. The van der Waals surface area contributed by atoms with Crippen LogP contribution in [0.15, 0.2) is 82.1 Å². The van der Waals surface area contributed by atoms with Crippen LogP contribution in [0.1, 0.15) is 65.1 Å². The van der Waals surface area contributed by atoms with Crippen molar-refractivity contribution in [2.75, 3.05) is 11.9 Å². The number of sulfonamides is 1. The molecule has 6 rings (SSSR count). The van der Waals surface area contributed by atoms with Crippen molar-refractivity contribution in [3.63, 3.8) is 0 Å². The van der Waals surface area contributed by atoms with Crippen molar-refractivity contribution in [3.8, 4) is 16.9 Å². The number of nitrogens with two attached hydrogens (primary N) is 1. The Kier molecular flexibility index (Phi) is 9.56. The first-order valence-corrected chi connectivity index (χ1v) is 18.2. The summed E-state index contributed by atoms with van der Waals surface area (Å²) in [5.74, 6) is -0.968. The van der Waals surface area contributed by atoms with Gasteiger partial charge in [0, 0.05) is 18.0 Å². The number of hydrogen-bond donors (Lipinski definition) is 4. The summed E-state index contributed by atoms with van der Waals surface area (Å²) < 4.78 is 42.8. The van der Waals surface area contributed by atoms with Crippen molar-refractivity contribution in [2.24, 2.45) is 10.1 Å². The van der Waals surface area contributed by atoms with Crippen LogP contribution in [0, 0.1) is 20.8 Å². The zero-order valence-corrected chi connectivity index (χ0v) is 30.1. The summed E-state index contributed by atoms with van der Waals surface area (Å²) >= 11 is 0. The Hall–Kier alpha value is -5.36. The number of hydrogen-bond acceptors (Lipinski definition) is 6. The number of carbonyl (C=O) groups excluding carboxylic acids is 1. The zero-order valence-electron chi connectivity index (χ0n) is 29.2. The molecule has 12 heteroatoms. The number of rotatable bonds is 9. The maximum Gasteiger partial charge on any atom is 0.407 e. The second-order valence-corrected chi connectivity index (χ2v) is 15.3. The number of fused-ring (bicyclic) bond motifs is 4. The molecule has 0 aromatic heterocycles. The molecule has 4 aromatic carbocycles. The van der Waals surface area contributed by atoms with E-state index in [0.29, 0.717) is 28.8 Å². The molecular formula is C39H42N4O7S. The third kappa shape index (κ3) is 7.27. The molecule has 266 valence electrons. The Labute approximate surface area is 298 Å². The Balaban J connectivity index is 1.09. The van der Waals surface area contributed by atoms with Crippen LogP contribution in [-0.4, -0.2) is 49.8 Å². The SMILES string of the molecule is Cc1c(C)c(S(=O)(=O)N=C(N)Nc2ccc(C[C@H](NC(=O)OCC3c4ccccc4-c4ccccc43)C(=O)O)cc2)c(C)c2c1OC(C)(C)CC2. The minimum absolute atomic E-state index is 0.0190. The van der Waals surface area contributed by atoms with Crippen LogP contribution in [0.4, 0.5) is 10.5 Å². The number of anilines is 1. The molecular weight excluding hydrogens is 669 g/mol. The van der Waals surface area contributed by atoms with Gasteiger partial charge in [0.25, 0.3) is 10.0 Å². The summed E-state index contributed by atoms with van der Waals surface area (Å²) in [4.78, 5) is 25.0. The van der Waals surface area contributed by atoms with E-state index < -0.39 is 28.1 Å². The van der Waals surface area contributed by atoms with Crippen LogP contribution < -0.4 is 21.1 Å². The number of carboxylic acids is 1. The van der Waals surface area contributed by atoms with E-state index in [1.165, 1.54) is 0 Å². The van der Waals surface area contributed by atoms with E-state index in [-0.39, 0.29) is 35.4 Å². The van der Waals surface area contributed by atoms with E-state index in [2.05, 4.69) is 15.0 Å². The highest BCUT2D eigenvalue weighted by atomic mass is 32.2. The van der Waals surface area contributed by atoms with E-state index in [4.69, 9.17) is 15.2 Å². The van der Waals surface area contributed by atoms with E-state index in [1.807, 2.05) is 69.3 Å². The molecule has 2 aliphatic rings. The van der Waals surface area contributed by atoms with Gasteiger partial charge in [0.15, 0.2) is 0 Å². The minimum Gasteiger partial charge on any atom is -0.487 e. The first-order chi connectivity index (χ1) is 24.1. The largest absolute Gasteiger partial charge is 0.487 e. The van der Waals surface area contributed by atoms with Crippen LogP contribution in [0.2, 0.25) is 0 Å². The summed E-state index contributed by atoms with van der Waals surface area (Å²) in [6, 6.07) is 21.2. The second-order valence-electron chi connectivity index (χ2n) is 13.7. The number of benzene rings is 4. The predicted octanol–water partition coefficient (Wildman–Crippen LogP) is 6.37. The van der Waals surface area contributed by atoms with Crippen LogP contribution in [0.25, 0.3) is 11.1 Å². The number of aliphatic carboxylic acids is 1. The third-order valence-electron chi connectivity index (χ3n) is 9.74. The molecule has 0 saturated carbocycles. The number of alkyl carbamates (subject to hydrolysis) is 1. The molecule has 0 fully saturated rings. The Morgan fingerprint density at radius 2 is 1.57 bits per heavy atom. The highest BCUT2D eigenvalue weighted by molar-refractivity contribution is 7.90. The molecule has 0 saturated heterocycles. The number of ether oxygens (including phenoxy) is 2. The average molecular weight is 711 g/mol. The van der Waals surface area contributed by atoms with Gasteiger partial charge < -0.3 is 30.9 Å². The van der Waals surface area contributed by atoms with Gasteiger partial charge in [0.2, 0.25) is 5.96 Å². The summed E-state index contributed by atoms with van der Waals surface area (Å²) in [6.45, 7) is 9.45. The average Bonchev–Trinajstić information content (AvgIpc) is 3.39. The first kappa shape index (κ1) is 35.5. The third-order valence-corrected chi connectivity index (χ3v) is 11.3. The fourth-order valence-corrected chi connectivity index (χ4v) is 8.47. The molecule has 1 aliphatic carbocycles. The normalized spacial score (nSPS) is 15.5. The molecule has 0 bridgehead atoms. The molecule has 0 spiro atoms. The Bertz CT molecular complexity index is 2120. The van der Waals surface area contributed by atoms with Crippen LogP contribution in [0.3, 0.4) is 0 Å².